The van der Waals surface area contributed by atoms with E-state index in [1.807, 2.05) is 11.0 Å². The Hall–Kier alpha value is -2.11. The van der Waals surface area contributed by atoms with Crippen LogP contribution in [0, 0.1) is 22.0 Å². The number of hydrogen-bond donors (Lipinski definition) is 1. The number of nitrogens with one attached hydrogen (secondary N) is 1. The number of nitro groups is 1. The number of nitro benzene ring substituents is 1. The van der Waals surface area contributed by atoms with Crippen molar-refractivity contribution in [3.63, 3.8) is 0 Å². The molecule has 0 bridgehead atoms. The molecule has 1 heterocycles. The highest BCUT2D eigenvalue weighted by atomic mass is 16.6. The summed E-state index contributed by atoms with van der Waals surface area (Å²) in [6.45, 7) is 6.17. The van der Waals surface area contributed by atoms with Crippen LogP contribution < -0.4 is 10.2 Å². The zero-order valence-corrected chi connectivity index (χ0v) is 13.1. The largest absolute Gasteiger partial charge is 0.366 e. The van der Waals surface area contributed by atoms with Crippen LogP contribution in [0.2, 0.25) is 0 Å². The lowest BCUT2D eigenvalue weighted by Crippen LogP contribution is -2.41. The smallest absolute Gasteiger partial charge is 0.292 e. The number of benzene rings is 1. The molecule has 120 valence electrons. The second kappa shape index (κ2) is 7.24. The highest BCUT2D eigenvalue weighted by Crippen LogP contribution is 2.31. The van der Waals surface area contributed by atoms with Gasteiger partial charge in [0.1, 0.15) is 5.69 Å². The molecule has 0 unspecified atom stereocenters. The fourth-order valence-electron chi connectivity index (χ4n) is 2.72. The maximum Gasteiger partial charge on any atom is 0.292 e. The molecular formula is C16H23N3O3. The third-order valence-corrected chi connectivity index (χ3v) is 3.97. The Labute approximate surface area is 130 Å². The van der Waals surface area contributed by atoms with Gasteiger partial charge in [0.05, 0.1) is 4.92 Å². The minimum Gasteiger partial charge on any atom is -0.366 e. The first-order valence-corrected chi connectivity index (χ1v) is 7.75. The molecule has 1 aromatic carbocycles. The lowest BCUT2D eigenvalue weighted by atomic mass is 9.95. The summed E-state index contributed by atoms with van der Waals surface area (Å²) >= 11 is 0. The lowest BCUT2D eigenvalue weighted by Gasteiger charge is -2.32. The Balaban J connectivity index is 1.95. The van der Waals surface area contributed by atoms with E-state index in [0.29, 0.717) is 31.2 Å². The molecule has 1 amide bonds. The average molecular weight is 305 g/mol. The number of para-hydroxylation sites is 2. The van der Waals surface area contributed by atoms with Crippen LogP contribution in [0.5, 0.6) is 0 Å². The van der Waals surface area contributed by atoms with Gasteiger partial charge in [0, 0.05) is 31.6 Å². The normalized spacial score (nSPS) is 15.9. The summed E-state index contributed by atoms with van der Waals surface area (Å²) < 4.78 is 0. The lowest BCUT2D eigenvalue weighted by molar-refractivity contribution is -0.384. The zero-order valence-electron chi connectivity index (χ0n) is 13.1. The van der Waals surface area contributed by atoms with Crippen LogP contribution in [0.3, 0.4) is 0 Å². The molecule has 0 spiro atoms. The molecule has 1 fully saturated rings. The van der Waals surface area contributed by atoms with Crippen LogP contribution in [0.15, 0.2) is 24.3 Å². The Morgan fingerprint density at radius 2 is 2.00 bits per heavy atom. The molecule has 1 aromatic rings. The molecule has 1 aliphatic rings. The Morgan fingerprint density at radius 3 is 2.59 bits per heavy atom. The van der Waals surface area contributed by atoms with Crippen LogP contribution in [-0.2, 0) is 4.79 Å². The highest BCUT2D eigenvalue weighted by Gasteiger charge is 2.27. The molecule has 6 heteroatoms. The quantitative estimate of drug-likeness (QED) is 0.670. The minimum atomic E-state index is -0.350. The van der Waals surface area contributed by atoms with E-state index < -0.39 is 0 Å². The summed E-state index contributed by atoms with van der Waals surface area (Å²) in [4.78, 5) is 24.8. The fourth-order valence-corrected chi connectivity index (χ4v) is 2.72. The van der Waals surface area contributed by atoms with Gasteiger partial charge in [-0.2, -0.15) is 0 Å². The molecule has 0 radical (unpaired) electrons. The molecule has 0 aromatic heterocycles. The van der Waals surface area contributed by atoms with Crippen molar-refractivity contribution in [1.82, 2.24) is 5.32 Å². The molecule has 0 atom stereocenters. The molecular weight excluding hydrogens is 282 g/mol. The van der Waals surface area contributed by atoms with Gasteiger partial charge in [0.2, 0.25) is 5.91 Å². The topological polar surface area (TPSA) is 75.5 Å². The Kier molecular flexibility index (Phi) is 5.35. The first kappa shape index (κ1) is 16.3. The fraction of sp³-hybridized carbons (Fsp3) is 0.562. The minimum absolute atomic E-state index is 0.0118. The number of carbonyl (C=O) groups is 1. The number of amides is 1. The van der Waals surface area contributed by atoms with Crippen molar-refractivity contribution >= 4 is 17.3 Å². The molecule has 0 saturated carbocycles. The van der Waals surface area contributed by atoms with Gasteiger partial charge in [-0.1, -0.05) is 26.0 Å². The van der Waals surface area contributed by atoms with Crippen LogP contribution in [0.4, 0.5) is 11.4 Å². The van der Waals surface area contributed by atoms with Gasteiger partial charge < -0.3 is 10.2 Å². The Bertz CT molecular complexity index is 537. The number of piperidine rings is 1. The van der Waals surface area contributed by atoms with Crippen molar-refractivity contribution in [3.05, 3.63) is 34.4 Å². The van der Waals surface area contributed by atoms with E-state index >= 15 is 0 Å². The SMILES string of the molecule is CC(C)CNC(=O)C1CCN(c2ccccc2[N+](=O)[O-])CC1. The van der Waals surface area contributed by atoms with Gasteiger partial charge in [-0.15, -0.1) is 0 Å². The van der Waals surface area contributed by atoms with Crippen LogP contribution in [0.1, 0.15) is 26.7 Å². The first-order valence-electron chi connectivity index (χ1n) is 7.75. The maximum atomic E-state index is 12.1. The maximum absolute atomic E-state index is 12.1. The average Bonchev–Trinajstić information content (AvgIpc) is 2.52. The highest BCUT2D eigenvalue weighted by molar-refractivity contribution is 5.79. The number of anilines is 1. The van der Waals surface area contributed by atoms with Gasteiger partial charge in [-0.05, 0) is 24.8 Å². The second-order valence-electron chi connectivity index (χ2n) is 6.15. The first-order chi connectivity index (χ1) is 10.5. The summed E-state index contributed by atoms with van der Waals surface area (Å²) in [5.41, 5.74) is 0.777. The predicted octanol–water partition coefficient (Wildman–Crippen LogP) is 2.58. The van der Waals surface area contributed by atoms with E-state index in [9.17, 15) is 14.9 Å². The van der Waals surface area contributed by atoms with E-state index in [-0.39, 0.29) is 22.4 Å². The van der Waals surface area contributed by atoms with E-state index in [4.69, 9.17) is 0 Å². The van der Waals surface area contributed by atoms with Gasteiger partial charge in [0.25, 0.3) is 5.69 Å². The molecule has 1 saturated heterocycles. The number of hydrogen-bond acceptors (Lipinski definition) is 4. The standard InChI is InChI=1S/C16H23N3O3/c1-12(2)11-17-16(20)13-7-9-18(10-8-13)14-5-3-4-6-15(14)19(21)22/h3-6,12-13H,7-11H2,1-2H3,(H,17,20). The summed E-state index contributed by atoms with van der Waals surface area (Å²) in [7, 11) is 0. The van der Waals surface area contributed by atoms with Crippen LogP contribution in [-0.4, -0.2) is 30.5 Å². The van der Waals surface area contributed by atoms with Crippen molar-refractivity contribution in [2.75, 3.05) is 24.5 Å². The van der Waals surface area contributed by atoms with Crippen molar-refractivity contribution < 1.29 is 9.72 Å². The summed E-state index contributed by atoms with van der Waals surface area (Å²) in [5.74, 6) is 0.560. The summed E-state index contributed by atoms with van der Waals surface area (Å²) in [6, 6.07) is 6.78. The van der Waals surface area contributed by atoms with E-state index in [2.05, 4.69) is 19.2 Å². The zero-order chi connectivity index (χ0) is 16.1. The Morgan fingerprint density at radius 1 is 1.36 bits per heavy atom. The second-order valence-corrected chi connectivity index (χ2v) is 6.15. The molecule has 1 aliphatic heterocycles. The van der Waals surface area contributed by atoms with E-state index in [0.717, 1.165) is 12.8 Å². The summed E-state index contributed by atoms with van der Waals surface area (Å²) in [6.07, 6.45) is 1.46. The molecule has 2 rings (SSSR count). The van der Waals surface area contributed by atoms with Gasteiger partial charge in [-0.25, -0.2) is 0 Å². The number of carbonyl (C=O) groups excluding carboxylic acids is 1. The third kappa shape index (κ3) is 3.96. The van der Waals surface area contributed by atoms with Crippen molar-refractivity contribution in [1.29, 1.82) is 0 Å². The van der Waals surface area contributed by atoms with Crippen molar-refractivity contribution in [3.8, 4) is 0 Å². The van der Waals surface area contributed by atoms with Gasteiger partial charge in [0.15, 0.2) is 0 Å². The number of nitrogens with zero attached hydrogens (tertiary/aromatic N) is 2. The molecule has 6 nitrogen and oxygen atoms in total. The van der Waals surface area contributed by atoms with E-state index in [1.54, 1.807) is 12.1 Å². The monoisotopic (exact) mass is 305 g/mol. The summed E-state index contributed by atoms with van der Waals surface area (Å²) in [5, 5.41) is 14.1. The van der Waals surface area contributed by atoms with Crippen LogP contribution in [0.25, 0.3) is 0 Å². The molecule has 1 N–H and O–H groups in total. The van der Waals surface area contributed by atoms with Crippen molar-refractivity contribution in [2.24, 2.45) is 11.8 Å². The third-order valence-electron chi connectivity index (χ3n) is 3.97. The van der Waals surface area contributed by atoms with E-state index in [1.165, 1.54) is 6.07 Å². The van der Waals surface area contributed by atoms with Crippen molar-refractivity contribution in [2.45, 2.75) is 26.7 Å². The van der Waals surface area contributed by atoms with Gasteiger partial charge in [-0.3, -0.25) is 14.9 Å². The van der Waals surface area contributed by atoms with Crippen LogP contribution >= 0.6 is 0 Å². The molecule has 0 aliphatic carbocycles. The number of rotatable bonds is 5. The van der Waals surface area contributed by atoms with Gasteiger partial charge >= 0.3 is 0 Å². The molecule has 22 heavy (non-hydrogen) atoms. The predicted molar refractivity (Wildman–Crippen MR) is 85.9 cm³/mol.